The van der Waals surface area contributed by atoms with Crippen molar-refractivity contribution in [2.45, 2.75) is 102 Å². The summed E-state index contributed by atoms with van der Waals surface area (Å²) in [6.07, 6.45) is 7.95. The number of hydrogen-bond donors (Lipinski definition) is 3. The van der Waals surface area contributed by atoms with E-state index in [0.717, 1.165) is 18.4 Å². The zero-order valence-electron chi connectivity index (χ0n) is 25.7. The summed E-state index contributed by atoms with van der Waals surface area (Å²) in [6.45, 7) is 5.36. The molecule has 2 heterocycles. The summed E-state index contributed by atoms with van der Waals surface area (Å²) in [5.74, 6) is -2.23. The van der Waals surface area contributed by atoms with Gasteiger partial charge in [0.05, 0.1) is 6.61 Å². The van der Waals surface area contributed by atoms with Gasteiger partial charge in [-0.15, -0.1) is 0 Å². The van der Waals surface area contributed by atoms with Gasteiger partial charge < -0.3 is 20.3 Å². The maximum Gasteiger partial charge on any atom is 0.408 e. The van der Waals surface area contributed by atoms with Crippen LogP contribution in [0.3, 0.4) is 0 Å². The molecule has 2 aliphatic heterocycles. The number of amides is 4. The van der Waals surface area contributed by atoms with Crippen LogP contribution in [0.25, 0.3) is 0 Å². The Morgan fingerprint density at radius 1 is 1.07 bits per heavy atom. The van der Waals surface area contributed by atoms with Gasteiger partial charge in [0, 0.05) is 12.5 Å². The summed E-state index contributed by atoms with van der Waals surface area (Å²) in [6, 6.07) is 7.46. The molecule has 44 heavy (non-hydrogen) atoms. The molecular weight excluding hydrogens is 588 g/mol. The molecule has 1 aromatic carbocycles. The van der Waals surface area contributed by atoms with Crippen LogP contribution in [0.5, 0.6) is 0 Å². The lowest BCUT2D eigenvalue weighted by Gasteiger charge is -2.30. The highest BCUT2D eigenvalue weighted by Crippen LogP contribution is 2.45. The molecule has 3 N–H and O–H groups in total. The second-order valence-corrected chi connectivity index (χ2v) is 14.0. The number of rotatable bonds is 7. The second-order valence-electron chi connectivity index (χ2n) is 12.7. The molecule has 1 aromatic rings. The van der Waals surface area contributed by atoms with Gasteiger partial charge >= 0.3 is 16.4 Å². The first-order chi connectivity index (χ1) is 20.8. The van der Waals surface area contributed by atoms with E-state index >= 15 is 0 Å². The van der Waals surface area contributed by atoms with Crippen LogP contribution >= 0.6 is 0 Å². The van der Waals surface area contributed by atoms with E-state index < -0.39 is 57.4 Å². The van der Waals surface area contributed by atoms with Crippen LogP contribution < -0.4 is 15.4 Å². The Balaban J connectivity index is 1.47. The number of allylic oxidation sites excluding steroid dienone is 1. The van der Waals surface area contributed by atoms with Crippen molar-refractivity contribution >= 4 is 34.1 Å². The van der Waals surface area contributed by atoms with Crippen LogP contribution in [0.2, 0.25) is 0 Å². The van der Waals surface area contributed by atoms with Gasteiger partial charge in [-0.05, 0) is 71.3 Å². The Morgan fingerprint density at radius 2 is 1.82 bits per heavy atom. The zero-order chi connectivity index (χ0) is 32.0. The number of ether oxygens (including phenoxy) is 1. The molecule has 4 amide bonds. The fraction of sp³-hybridized carbons (Fsp3) is 0.613. The van der Waals surface area contributed by atoms with Crippen molar-refractivity contribution in [3.05, 3.63) is 48.0 Å². The Morgan fingerprint density at radius 3 is 2.55 bits per heavy atom. The summed E-state index contributed by atoms with van der Waals surface area (Å²) in [5.41, 5.74) is -1.35. The van der Waals surface area contributed by atoms with Gasteiger partial charge in [-0.2, -0.15) is 8.42 Å². The quantitative estimate of drug-likeness (QED) is 0.387. The van der Waals surface area contributed by atoms with Crippen molar-refractivity contribution in [2.75, 3.05) is 13.2 Å². The Hall–Kier alpha value is -3.45. The van der Waals surface area contributed by atoms with Crippen LogP contribution in [0.15, 0.2) is 42.5 Å². The SMILES string of the molecule is CC(C)(C)OC(=O)N[C@H]1CCCCCC=C[C@@H]2C[C@@]2(C(=O)NS(=O)(=O)OCCc2ccccc2)NC(=O)C2CCCN2C1=O. The van der Waals surface area contributed by atoms with E-state index in [0.29, 0.717) is 45.1 Å². The number of hydrogen-bond acceptors (Lipinski definition) is 8. The predicted molar refractivity (Wildman–Crippen MR) is 162 cm³/mol. The lowest BCUT2D eigenvalue weighted by molar-refractivity contribution is -0.141. The monoisotopic (exact) mass is 632 g/mol. The number of carbonyl (C=O) groups excluding carboxylic acids is 4. The highest BCUT2D eigenvalue weighted by molar-refractivity contribution is 7.85. The van der Waals surface area contributed by atoms with Gasteiger partial charge in [-0.1, -0.05) is 55.3 Å². The predicted octanol–water partition coefficient (Wildman–Crippen LogP) is 2.89. The molecule has 0 spiro atoms. The lowest BCUT2D eigenvalue weighted by atomic mass is 10.0. The number of alkyl carbamates (subject to hydrolysis) is 1. The molecule has 242 valence electrons. The molecule has 4 rings (SSSR count). The molecule has 1 saturated heterocycles. The van der Waals surface area contributed by atoms with Gasteiger partial charge in [0.15, 0.2) is 0 Å². The Kier molecular flexibility index (Phi) is 10.7. The fourth-order valence-electron chi connectivity index (χ4n) is 5.69. The van der Waals surface area contributed by atoms with Gasteiger partial charge in [-0.25, -0.2) is 9.52 Å². The van der Waals surface area contributed by atoms with Crippen molar-refractivity contribution in [3.8, 4) is 0 Å². The van der Waals surface area contributed by atoms with E-state index in [1.807, 2.05) is 47.2 Å². The molecule has 12 nitrogen and oxygen atoms in total. The molecule has 0 radical (unpaired) electrons. The minimum atomic E-state index is -4.44. The molecule has 13 heteroatoms. The van der Waals surface area contributed by atoms with Crippen molar-refractivity contribution in [2.24, 2.45) is 5.92 Å². The van der Waals surface area contributed by atoms with E-state index in [2.05, 4.69) is 10.6 Å². The number of nitrogens with zero attached hydrogens (tertiary/aromatic N) is 1. The van der Waals surface area contributed by atoms with Crippen molar-refractivity contribution in [3.63, 3.8) is 0 Å². The minimum absolute atomic E-state index is 0.160. The van der Waals surface area contributed by atoms with E-state index in [1.54, 1.807) is 20.8 Å². The molecule has 2 fully saturated rings. The zero-order valence-corrected chi connectivity index (χ0v) is 26.5. The largest absolute Gasteiger partial charge is 0.444 e. The number of benzene rings is 1. The topological polar surface area (TPSA) is 160 Å². The smallest absolute Gasteiger partial charge is 0.408 e. The van der Waals surface area contributed by atoms with Gasteiger partial charge in [0.1, 0.15) is 23.2 Å². The Labute approximate surface area is 259 Å². The van der Waals surface area contributed by atoms with Crippen LogP contribution in [0.4, 0.5) is 4.79 Å². The minimum Gasteiger partial charge on any atom is -0.444 e. The van der Waals surface area contributed by atoms with Crippen molar-refractivity contribution in [1.82, 2.24) is 20.3 Å². The Bertz CT molecular complexity index is 1340. The maximum absolute atomic E-state index is 13.7. The highest BCUT2D eigenvalue weighted by atomic mass is 32.2. The van der Waals surface area contributed by atoms with E-state index in [9.17, 15) is 27.6 Å². The molecule has 4 atom stereocenters. The summed E-state index contributed by atoms with van der Waals surface area (Å²) in [7, 11) is -4.44. The highest BCUT2D eigenvalue weighted by Gasteiger charge is 2.61. The first-order valence-corrected chi connectivity index (χ1v) is 16.7. The molecule has 1 saturated carbocycles. The first kappa shape index (κ1) is 33.4. The number of nitrogens with one attached hydrogen (secondary N) is 3. The molecule has 1 aliphatic carbocycles. The normalized spacial score (nSPS) is 26.3. The summed E-state index contributed by atoms with van der Waals surface area (Å²) >= 11 is 0. The van der Waals surface area contributed by atoms with E-state index in [-0.39, 0.29) is 18.9 Å². The van der Waals surface area contributed by atoms with Gasteiger partial charge in [0.2, 0.25) is 11.8 Å². The fourth-order valence-corrected chi connectivity index (χ4v) is 6.46. The number of fused-ring (bicyclic) bond motifs is 2. The molecular formula is C31H44N4O8S. The van der Waals surface area contributed by atoms with Crippen molar-refractivity contribution in [1.29, 1.82) is 0 Å². The molecule has 0 aromatic heterocycles. The lowest BCUT2D eigenvalue weighted by Crippen LogP contribution is -2.58. The molecule has 1 unspecified atom stereocenters. The van der Waals surface area contributed by atoms with Gasteiger partial charge in [-0.3, -0.25) is 18.6 Å². The average molecular weight is 633 g/mol. The summed E-state index contributed by atoms with van der Waals surface area (Å²) in [5, 5.41) is 5.49. The van der Waals surface area contributed by atoms with Crippen LogP contribution in [-0.4, -0.2) is 73.5 Å². The van der Waals surface area contributed by atoms with Crippen LogP contribution in [0.1, 0.15) is 77.7 Å². The third-order valence-corrected chi connectivity index (χ3v) is 8.93. The maximum atomic E-state index is 13.7. The molecule has 0 bridgehead atoms. The van der Waals surface area contributed by atoms with Gasteiger partial charge in [0.25, 0.3) is 5.91 Å². The molecule has 3 aliphatic rings. The van der Waals surface area contributed by atoms with Crippen molar-refractivity contribution < 1.29 is 36.5 Å². The summed E-state index contributed by atoms with van der Waals surface area (Å²) in [4.78, 5) is 54.8. The third kappa shape index (κ3) is 9.04. The standard InChI is InChI=1S/C31H44N4O8S/c1-30(2,3)43-29(39)32-24-16-11-6-4-5-10-15-23-21-31(23,33-26(36)25-17-12-19-35(25)27(24)37)28(38)34-44(40,41)42-20-18-22-13-8-7-9-14-22/h7-10,13-15,23-25H,4-6,11-12,16-21H2,1-3H3,(H,32,39)(H,33,36)(H,34,38)/t23-,24+,25?,31-/m1/s1. The second kappa shape index (κ2) is 14.1. The van der Waals surface area contributed by atoms with E-state index in [1.165, 1.54) is 4.90 Å². The first-order valence-electron chi connectivity index (χ1n) is 15.3. The van der Waals surface area contributed by atoms with Crippen LogP contribution in [-0.2, 0) is 40.0 Å². The van der Waals surface area contributed by atoms with Crippen LogP contribution in [0, 0.1) is 5.92 Å². The number of carbonyl (C=O) groups is 4. The summed E-state index contributed by atoms with van der Waals surface area (Å²) < 4.78 is 37.7. The average Bonchev–Trinajstić information content (AvgIpc) is 3.40. The van der Waals surface area contributed by atoms with E-state index in [4.69, 9.17) is 8.92 Å². The third-order valence-electron chi connectivity index (χ3n) is 8.02.